The molecule has 2 aliphatic heterocycles. The molecule has 214 valence electrons. The molecule has 0 aromatic rings. The fourth-order valence-corrected chi connectivity index (χ4v) is 7.27. The van der Waals surface area contributed by atoms with Gasteiger partial charge in [0.25, 0.3) is 5.60 Å². The van der Waals surface area contributed by atoms with E-state index in [0.29, 0.717) is 18.8 Å². The molecule has 0 aromatic carbocycles. The van der Waals surface area contributed by atoms with Crippen LogP contribution >= 0.6 is 0 Å². The van der Waals surface area contributed by atoms with Crippen molar-refractivity contribution in [3.05, 3.63) is 11.6 Å². The molecule has 2 saturated heterocycles. The number of unbranched alkanes of at least 4 members (excludes halogenated alkanes) is 1. The summed E-state index contributed by atoms with van der Waals surface area (Å²) in [4.78, 5) is 41.3. The van der Waals surface area contributed by atoms with E-state index in [1.165, 1.54) is 12.0 Å². The Bertz CT molecular complexity index is 906. The molecule has 0 radical (unpaired) electrons. The summed E-state index contributed by atoms with van der Waals surface area (Å²) in [7, 11) is 2.01. The molecule has 0 aromatic heterocycles. The summed E-state index contributed by atoms with van der Waals surface area (Å²) in [6, 6.07) is 0. The van der Waals surface area contributed by atoms with Crippen molar-refractivity contribution in [1.82, 2.24) is 0 Å². The van der Waals surface area contributed by atoms with Crippen LogP contribution in [-0.2, 0) is 23.9 Å². The maximum Gasteiger partial charge on any atom is 0.350 e. The summed E-state index contributed by atoms with van der Waals surface area (Å²) in [5.74, 6) is -0.825. The predicted octanol–water partition coefficient (Wildman–Crippen LogP) is 1.37. The minimum atomic E-state index is -1.75. The van der Waals surface area contributed by atoms with E-state index in [1.54, 1.807) is 0 Å². The number of carbonyl (C=O) groups is 3. The average molecular weight is 534 g/mol. The van der Waals surface area contributed by atoms with Crippen LogP contribution in [0.15, 0.2) is 11.6 Å². The zero-order valence-electron chi connectivity index (χ0n) is 23.8. The van der Waals surface area contributed by atoms with Crippen LogP contribution in [0.1, 0.15) is 90.9 Å². The zero-order valence-corrected chi connectivity index (χ0v) is 23.8. The number of hydrogen-bond donors (Lipinski definition) is 3. The number of hydrogen-bond acceptors (Lipinski definition) is 6. The number of nitrogens with two attached hydrogens (primary N) is 3. The van der Waals surface area contributed by atoms with Gasteiger partial charge in [0.2, 0.25) is 0 Å². The number of esters is 1. The van der Waals surface area contributed by atoms with Crippen LogP contribution in [-0.4, -0.2) is 61.6 Å². The Morgan fingerprint density at radius 2 is 1.97 bits per heavy atom. The number of piperidine rings is 1. The molecule has 4 aliphatic rings. The van der Waals surface area contributed by atoms with E-state index in [2.05, 4.69) is 24.5 Å². The van der Waals surface area contributed by atoms with Gasteiger partial charge >= 0.3 is 5.97 Å². The third-order valence-corrected chi connectivity index (χ3v) is 9.65. The number of rotatable bonds is 13. The summed E-state index contributed by atoms with van der Waals surface area (Å²) in [5.41, 5.74) is 4.14. The second-order valence-corrected chi connectivity index (χ2v) is 12.5. The first-order valence-electron chi connectivity index (χ1n) is 15.3. The summed E-state index contributed by atoms with van der Waals surface area (Å²) in [6.45, 7) is 6.41. The van der Waals surface area contributed by atoms with Gasteiger partial charge in [-0.3, -0.25) is 15.3 Å². The lowest BCUT2D eigenvalue weighted by atomic mass is 9.61. The van der Waals surface area contributed by atoms with Crippen molar-refractivity contribution in [3.63, 3.8) is 0 Å². The standard InChI is InChI=1S/C30H49N3O5/c1-4-5-8-22(18-32-3)19-37-28(36)30-27(35)24-10-7-6-9-23(24)26(34)29(30,38-30)15-13-20(2)11-12-21-14-16-33-25(31)17-21/h13,21-25,32-33H,4-12,14-19,31H2,1-3H3/p+2/t21?,22-,23?,24?,25?,29+,30+/m1/s1. The minimum Gasteiger partial charge on any atom is -0.463 e. The van der Waals surface area contributed by atoms with Gasteiger partial charge in [-0.2, -0.15) is 0 Å². The minimum absolute atomic E-state index is 0.0546. The third kappa shape index (κ3) is 5.79. The Kier molecular flexibility index (Phi) is 9.82. The number of carbonyl (C=O) groups excluding carboxylic acids is 3. The van der Waals surface area contributed by atoms with Gasteiger partial charge in [-0.15, -0.1) is 0 Å². The maximum atomic E-state index is 13.9. The van der Waals surface area contributed by atoms with E-state index in [4.69, 9.17) is 15.2 Å². The lowest BCUT2D eigenvalue weighted by molar-refractivity contribution is -0.699. The van der Waals surface area contributed by atoms with Crippen molar-refractivity contribution in [2.75, 3.05) is 26.7 Å². The highest BCUT2D eigenvalue weighted by Crippen LogP contribution is 2.61. The molecular formula is C30H51N3O5+2. The smallest absolute Gasteiger partial charge is 0.350 e. The normalized spacial score (nSPS) is 35.8. The Balaban J connectivity index is 1.48. The molecule has 8 nitrogen and oxygen atoms in total. The number of ether oxygens (including phenoxy) is 2. The van der Waals surface area contributed by atoms with Crippen LogP contribution < -0.4 is 16.4 Å². The molecule has 0 bridgehead atoms. The predicted molar refractivity (Wildman–Crippen MR) is 144 cm³/mol. The number of allylic oxidation sites excluding steroid dienone is 1. The maximum absolute atomic E-state index is 13.9. The van der Waals surface area contributed by atoms with Gasteiger partial charge in [-0.05, 0) is 51.4 Å². The molecule has 4 rings (SSSR count). The first-order chi connectivity index (χ1) is 18.3. The number of quaternary nitrogens is 2. The molecule has 38 heavy (non-hydrogen) atoms. The van der Waals surface area contributed by atoms with Crippen molar-refractivity contribution in [2.24, 2.45) is 29.4 Å². The van der Waals surface area contributed by atoms with Crippen LogP contribution in [0.25, 0.3) is 0 Å². The quantitative estimate of drug-likeness (QED) is 0.142. The van der Waals surface area contributed by atoms with Gasteiger partial charge in [0.1, 0.15) is 6.17 Å². The van der Waals surface area contributed by atoms with E-state index in [1.807, 2.05) is 13.1 Å². The lowest BCUT2D eigenvalue weighted by Crippen LogP contribution is -2.94. The molecule has 7 atom stereocenters. The van der Waals surface area contributed by atoms with E-state index >= 15 is 0 Å². The molecule has 2 saturated carbocycles. The van der Waals surface area contributed by atoms with Crippen molar-refractivity contribution >= 4 is 17.5 Å². The van der Waals surface area contributed by atoms with Crippen molar-refractivity contribution < 1.29 is 34.5 Å². The molecule has 0 spiro atoms. The number of Topliss-reactive ketones (excluding diaryl/α,β-unsaturated/α-hetero) is 2. The number of ketones is 2. The molecular weight excluding hydrogens is 482 g/mol. The van der Waals surface area contributed by atoms with E-state index in [-0.39, 0.29) is 42.6 Å². The Hall–Kier alpha value is -1.61. The average Bonchev–Trinajstić information content (AvgIpc) is 3.63. The topological polar surface area (TPSA) is 132 Å². The molecule has 2 aliphatic carbocycles. The van der Waals surface area contributed by atoms with Crippen molar-refractivity contribution in [1.29, 1.82) is 0 Å². The fraction of sp³-hybridized carbons (Fsp3) is 0.833. The first kappa shape index (κ1) is 29.4. The van der Waals surface area contributed by atoms with E-state index in [9.17, 15) is 14.4 Å². The first-order valence-corrected chi connectivity index (χ1v) is 15.3. The number of fused-ring (bicyclic) bond motifs is 2. The van der Waals surface area contributed by atoms with Gasteiger partial charge in [0, 0.05) is 30.6 Å². The van der Waals surface area contributed by atoms with Gasteiger partial charge in [0.15, 0.2) is 17.2 Å². The molecule has 4 unspecified atom stereocenters. The summed E-state index contributed by atoms with van der Waals surface area (Å²) in [5, 5.41) is 4.30. The van der Waals surface area contributed by atoms with Gasteiger partial charge in [-0.1, -0.05) is 44.3 Å². The summed E-state index contributed by atoms with van der Waals surface area (Å²) < 4.78 is 11.9. The van der Waals surface area contributed by atoms with E-state index in [0.717, 1.165) is 64.5 Å². The highest BCUT2D eigenvalue weighted by Gasteiger charge is 2.86. The Morgan fingerprint density at radius 3 is 2.66 bits per heavy atom. The molecule has 6 N–H and O–H groups in total. The largest absolute Gasteiger partial charge is 0.463 e. The van der Waals surface area contributed by atoms with E-state index < -0.39 is 23.1 Å². The van der Waals surface area contributed by atoms with Crippen molar-refractivity contribution in [2.45, 2.75) is 108 Å². The van der Waals surface area contributed by atoms with Crippen LogP contribution in [0.5, 0.6) is 0 Å². The fourth-order valence-electron chi connectivity index (χ4n) is 7.27. The Labute approximate surface area is 228 Å². The highest BCUT2D eigenvalue weighted by atomic mass is 16.7. The van der Waals surface area contributed by atoms with Crippen LogP contribution in [0.4, 0.5) is 0 Å². The second kappa shape index (κ2) is 12.7. The number of epoxide rings is 1. The van der Waals surface area contributed by atoms with Crippen LogP contribution in [0.2, 0.25) is 0 Å². The Morgan fingerprint density at radius 1 is 1.24 bits per heavy atom. The molecule has 2 heterocycles. The highest BCUT2D eigenvalue weighted by molar-refractivity contribution is 6.23. The van der Waals surface area contributed by atoms with Crippen molar-refractivity contribution in [3.8, 4) is 0 Å². The molecule has 4 fully saturated rings. The van der Waals surface area contributed by atoms with Gasteiger partial charge < -0.3 is 20.1 Å². The summed E-state index contributed by atoms with van der Waals surface area (Å²) >= 11 is 0. The third-order valence-electron chi connectivity index (χ3n) is 9.65. The molecule has 8 heteroatoms. The zero-order chi connectivity index (χ0) is 27.3. The van der Waals surface area contributed by atoms with Crippen LogP contribution in [0, 0.1) is 23.7 Å². The molecule has 0 amide bonds. The summed E-state index contributed by atoms with van der Waals surface area (Å²) in [6.07, 6.45) is 13.0. The second-order valence-electron chi connectivity index (χ2n) is 12.5. The van der Waals surface area contributed by atoms with Crippen LogP contribution in [0.3, 0.4) is 0 Å². The van der Waals surface area contributed by atoms with Gasteiger partial charge in [-0.25, -0.2) is 4.79 Å². The SMILES string of the molecule is CCCC[C@H](C[NH2+]C)COC(=O)[C@]12O[C@@]1(CC=C(C)CCC1CC[NH2+]C(N)C1)C(=O)C1CCCCC1C2=O. The monoisotopic (exact) mass is 533 g/mol. The lowest BCUT2D eigenvalue weighted by Gasteiger charge is -2.36. The van der Waals surface area contributed by atoms with Gasteiger partial charge in [0.05, 0.1) is 26.7 Å².